The van der Waals surface area contributed by atoms with Crippen molar-refractivity contribution in [1.82, 2.24) is 0 Å². The summed E-state index contributed by atoms with van der Waals surface area (Å²) in [5, 5.41) is 0. The Morgan fingerprint density at radius 2 is 2.13 bits per heavy atom. The van der Waals surface area contributed by atoms with E-state index < -0.39 is 5.97 Å². The summed E-state index contributed by atoms with van der Waals surface area (Å²) in [6, 6.07) is 6.70. The van der Waals surface area contributed by atoms with Gasteiger partial charge in [-0.1, -0.05) is 30.2 Å². The quantitative estimate of drug-likeness (QED) is 0.394. The third-order valence-corrected chi connectivity index (χ3v) is 1.58. The number of hydrogen-bond acceptors (Lipinski definition) is 2. The van der Waals surface area contributed by atoms with Crippen LogP contribution in [0.3, 0.4) is 0 Å². The maximum absolute atomic E-state index is 10.9. The molecule has 74 valence electrons. The third kappa shape index (κ3) is 3.54. The van der Waals surface area contributed by atoms with Crippen molar-refractivity contribution in [1.29, 1.82) is 0 Å². The van der Waals surface area contributed by atoms with E-state index in [0.29, 0.717) is 17.9 Å². The second kappa shape index (κ2) is 5.47. The van der Waals surface area contributed by atoms with Gasteiger partial charge in [0, 0.05) is 11.5 Å². The predicted octanol–water partition coefficient (Wildman–Crippen LogP) is 2.15. The normalized spacial score (nSPS) is 8.27. The first-order chi connectivity index (χ1) is 7.26. The molecule has 15 heavy (non-hydrogen) atoms. The van der Waals surface area contributed by atoms with Crippen LogP contribution in [0.1, 0.15) is 12.5 Å². The van der Waals surface area contributed by atoms with Crippen molar-refractivity contribution in [2.24, 2.45) is 0 Å². The van der Waals surface area contributed by atoms with E-state index >= 15 is 0 Å². The highest BCUT2D eigenvalue weighted by Crippen LogP contribution is 2.11. The molecule has 0 saturated heterocycles. The lowest BCUT2D eigenvalue weighted by Gasteiger charge is -1.92. The molecule has 0 atom stereocenters. The Bertz CT molecular complexity index is 443. The van der Waals surface area contributed by atoms with E-state index in [9.17, 15) is 4.79 Å². The maximum atomic E-state index is 10.9. The smallest absolute Gasteiger partial charge is 0.384 e. The molecule has 0 aliphatic carbocycles. The van der Waals surface area contributed by atoms with Gasteiger partial charge in [0.2, 0.25) is 0 Å². The second-order valence-electron chi connectivity index (χ2n) is 2.63. The van der Waals surface area contributed by atoms with Gasteiger partial charge in [-0.15, -0.1) is 0 Å². The van der Waals surface area contributed by atoms with Gasteiger partial charge in [0.05, 0.1) is 13.2 Å². The monoisotopic (exact) mass is 199 g/mol. The first-order valence-electron chi connectivity index (χ1n) is 4.42. The van der Waals surface area contributed by atoms with Crippen LogP contribution in [0.15, 0.2) is 24.3 Å². The topological polar surface area (TPSA) is 30.7 Å². The van der Waals surface area contributed by atoms with Crippen LogP contribution in [0.5, 0.6) is 0 Å². The minimum Gasteiger partial charge on any atom is -0.456 e. The molecule has 0 bridgehead atoms. The summed E-state index contributed by atoms with van der Waals surface area (Å²) in [4.78, 5) is 14.1. The van der Waals surface area contributed by atoms with E-state index in [1.54, 1.807) is 31.2 Å². The highest BCUT2D eigenvalue weighted by atomic mass is 16.5. The SMILES string of the molecule is [C-]#[N+]c1ccc(C#CC(=O)OCC)cc1. The summed E-state index contributed by atoms with van der Waals surface area (Å²) >= 11 is 0. The van der Waals surface area contributed by atoms with Crippen LogP contribution in [-0.4, -0.2) is 12.6 Å². The average molecular weight is 199 g/mol. The zero-order valence-corrected chi connectivity index (χ0v) is 8.28. The number of carbonyl (C=O) groups is 1. The van der Waals surface area contributed by atoms with Gasteiger partial charge in [0.15, 0.2) is 5.69 Å². The second-order valence-corrected chi connectivity index (χ2v) is 2.63. The van der Waals surface area contributed by atoms with Gasteiger partial charge < -0.3 is 4.74 Å². The van der Waals surface area contributed by atoms with Crippen LogP contribution in [0, 0.1) is 18.4 Å². The van der Waals surface area contributed by atoms with Crippen LogP contribution in [0.4, 0.5) is 5.69 Å². The highest BCUT2D eigenvalue weighted by molar-refractivity contribution is 5.89. The molecule has 0 saturated carbocycles. The number of nitrogens with zero attached hydrogens (tertiary/aromatic N) is 1. The van der Waals surface area contributed by atoms with E-state index in [1.807, 2.05) is 0 Å². The molecule has 0 N–H and O–H groups in total. The molecule has 0 spiro atoms. The largest absolute Gasteiger partial charge is 0.456 e. The molecule has 0 aromatic heterocycles. The van der Waals surface area contributed by atoms with Crippen molar-refractivity contribution in [3.05, 3.63) is 41.2 Å². The fourth-order valence-corrected chi connectivity index (χ4v) is 0.910. The summed E-state index contributed by atoms with van der Waals surface area (Å²) in [5.41, 5.74) is 1.24. The number of benzene rings is 1. The molecule has 0 aliphatic heterocycles. The fourth-order valence-electron chi connectivity index (χ4n) is 0.910. The Hall–Kier alpha value is -2.26. The summed E-state index contributed by atoms with van der Waals surface area (Å²) in [7, 11) is 0. The number of esters is 1. The zero-order valence-electron chi connectivity index (χ0n) is 8.28. The van der Waals surface area contributed by atoms with Crippen molar-refractivity contribution in [2.45, 2.75) is 6.92 Å². The molecule has 1 rings (SSSR count). The number of ether oxygens (including phenoxy) is 1. The zero-order chi connectivity index (χ0) is 11.1. The summed E-state index contributed by atoms with van der Waals surface area (Å²) < 4.78 is 4.65. The minimum atomic E-state index is -0.535. The van der Waals surface area contributed by atoms with E-state index in [-0.39, 0.29) is 0 Å². The Morgan fingerprint density at radius 1 is 1.47 bits per heavy atom. The van der Waals surface area contributed by atoms with Crippen LogP contribution < -0.4 is 0 Å². The van der Waals surface area contributed by atoms with Crippen LogP contribution in [0.25, 0.3) is 4.85 Å². The van der Waals surface area contributed by atoms with Gasteiger partial charge in [-0.05, 0) is 6.92 Å². The Labute approximate surface area is 88.5 Å². The summed E-state index contributed by atoms with van der Waals surface area (Å²) in [6.45, 7) is 8.80. The standard InChI is InChI=1S/C12H9NO2/c1-3-15-12(14)9-6-10-4-7-11(13-2)8-5-10/h4-5,7-8H,3H2,1H3. The fraction of sp³-hybridized carbons (Fsp3) is 0.167. The Morgan fingerprint density at radius 3 is 2.67 bits per heavy atom. The van der Waals surface area contributed by atoms with Crippen LogP contribution >= 0.6 is 0 Å². The van der Waals surface area contributed by atoms with Crippen molar-refractivity contribution in [3.8, 4) is 11.8 Å². The molecular formula is C12H9NO2. The summed E-state index contributed by atoms with van der Waals surface area (Å²) in [5.74, 6) is 4.47. The molecule has 0 heterocycles. The molecule has 0 unspecified atom stereocenters. The van der Waals surface area contributed by atoms with Crippen molar-refractivity contribution in [3.63, 3.8) is 0 Å². The van der Waals surface area contributed by atoms with Crippen molar-refractivity contribution >= 4 is 11.7 Å². The molecule has 3 nitrogen and oxygen atoms in total. The van der Waals surface area contributed by atoms with Crippen molar-refractivity contribution < 1.29 is 9.53 Å². The minimum absolute atomic E-state index is 0.324. The molecule has 1 aromatic rings. The van der Waals surface area contributed by atoms with Gasteiger partial charge >= 0.3 is 5.97 Å². The van der Waals surface area contributed by atoms with E-state index in [2.05, 4.69) is 21.4 Å². The Balaban J connectivity index is 2.73. The lowest BCUT2D eigenvalue weighted by Crippen LogP contribution is -1.99. The molecule has 0 fully saturated rings. The van der Waals surface area contributed by atoms with Gasteiger partial charge in [0.25, 0.3) is 0 Å². The number of rotatable bonds is 1. The van der Waals surface area contributed by atoms with Crippen molar-refractivity contribution in [2.75, 3.05) is 6.61 Å². The van der Waals surface area contributed by atoms with Gasteiger partial charge in [-0.3, -0.25) is 0 Å². The molecule has 1 aromatic carbocycles. The van der Waals surface area contributed by atoms with Gasteiger partial charge in [-0.2, -0.15) is 0 Å². The molecule has 0 amide bonds. The van der Waals surface area contributed by atoms with Crippen LogP contribution in [0.2, 0.25) is 0 Å². The average Bonchev–Trinajstić information content (AvgIpc) is 2.27. The lowest BCUT2D eigenvalue weighted by molar-refractivity contribution is -0.136. The van der Waals surface area contributed by atoms with Gasteiger partial charge in [0.1, 0.15) is 0 Å². The van der Waals surface area contributed by atoms with E-state index in [1.165, 1.54) is 0 Å². The highest BCUT2D eigenvalue weighted by Gasteiger charge is 1.93. The number of hydrogen-bond donors (Lipinski definition) is 0. The first kappa shape index (κ1) is 10.8. The molecular weight excluding hydrogens is 190 g/mol. The summed E-state index contributed by atoms with van der Waals surface area (Å²) in [6.07, 6.45) is 0. The maximum Gasteiger partial charge on any atom is 0.384 e. The van der Waals surface area contributed by atoms with E-state index in [4.69, 9.17) is 6.57 Å². The molecule has 0 aliphatic rings. The predicted molar refractivity (Wildman–Crippen MR) is 56.2 cm³/mol. The molecule has 3 heteroatoms. The Kier molecular flexibility index (Phi) is 3.94. The van der Waals surface area contributed by atoms with Crippen LogP contribution in [-0.2, 0) is 9.53 Å². The van der Waals surface area contributed by atoms with Gasteiger partial charge in [-0.25, -0.2) is 9.64 Å². The van der Waals surface area contributed by atoms with E-state index in [0.717, 1.165) is 0 Å². The lowest BCUT2D eigenvalue weighted by atomic mass is 10.2. The third-order valence-electron chi connectivity index (χ3n) is 1.58. The first-order valence-corrected chi connectivity index (χ1v) is 4.42. The number of carbonyl (C=O) groups excluding carboxylic acids is 1. The molecule has 0 radical (unpaired) electrons.